The quantitative estimate of drug-likeness (QED) is 0.712. The molecule has 0 saturated heterocycles. The Kier molecular flexibility index (Phi) is 6.56. The van der Waals surface area contributed by atoms with Gasteiger partial charge in [-0.15, -0.1) is 0 Å². The molecule has 0 saturated carbocycles. The monoisotopic (exact) mass is 271 g/mol. The first kappa shape index (κ1) is 11.6. The highest BCUT2D eigenvalue weighted by Gasteiger charge is 2.11. The smallest absolute Gasteiger partial charge is 0.109 e. The van der Waals surface area contributed by atoms with Gasteiger partial charge in [0.2, 0.25) is 0 Å². The number of hydrogen-bond acceptors (Lipinski definition) is 2. The highest BCUT2D eigenvalue weighted by molar-refractivity contribution is 14.1. The average molecular weight is 271 g/mol. The van der Waals surface area contributed by atoms with Gasteiger partial charge in [-0.3, -0.25) is 4.90 Å². The van der Waals surface area contributed by atoms with Crippen LogP contribution in [-0.4, -0.2) is 30.1 Å². The van der Waals surface area contributed by atoms with Crippen LogP contribution in [0, 0.1) is 0 Å². The number of hydrogen-bond donors (Lipinski definition) is 0. The predicted octanol–water partition coefficient (Wildman–Crippen LogP) is 2.47. The predicted molar refractivity (Wildman–Crippen MR) is 57.0 cm³/mol. The standard InChI is InChI=1S/C8H18INO/c1-7(2)10(8(3)4)5-6-11-9/h7-8H,5-6H2,1-4H3. The van der Waals surface area contributed by atoms with E-state index in [0.717, 1.165) is 13.2 Å². The summed E-state index contributed by atoms with van der Waals surface area (Å²) in [6.45, 7) is 10.7. The van der Waals surface area contributed by atoms with E-state index < -0.39 is 0 Å². The molecule has 0 aliphatic carbocycles. The molecule has 0 N–H and O–H groups in total. The number of rotatable bonds is 5. The lowest BCUT2D eigenvalue weighted by atomic mass is 10.2. The summed E-state index contributed by atoms with van der Waals surface area (Å²) in [5.41, 5.74) is 0. The lowest BCUT2D eigenvalue weighted by molar-refractivity contribution is 0.155. The fraction of sp³-hybridized carbons (Fsp3) is 1.00. The molecule has 0 spiro atoms. The van der Waals surface area contributed by atoms with E-state index in [1.165, 1.54) is 0 Å². The molecule has 68 valence electrons. The van der Waals surface area contributed by atoms with Gasteiger partial charge in [-0.1, -0.05) is 0 Å². The van der Waals surface area contributed by atoms with E-state index in [0.29, 0.717) is 12.1 Å². The number of halogens is 1. The van der Waals surface area contributed by atoms with Gasteiger partial charge in [-0.05, 0) is 27.7 Å². The molecule has 0 aliphatic rings. The van der Waals surface area contributed by atoms with E-state index in [9.17, 15) is 0 Å². The molecule has 0 aromatic carbocycles. The molecule has 0 atom stereocenters. The molecule has 0 rings (SSSR count). The second kappa shape index (κ2) is 6.20. The largest absolute Gasteiger partial charge is 0.314 e. The third-order valence-electron chi connectivity index (χ3n) is 1.75. The van der Waals surface area contributed by atoms with Crippen molar-refractivity contribution in [3.8, 4) is 0 Å². The first-order valence-corrected chi connectivity index (χ1v) is 4.97. The maximum atomic E-state index is 5.00. The summed E-state index contributed by atoms with van der Waals surface area (Å²) in [6.07, 6.45) is 0. The first-order chi connectivity index (χ1) is 5.09. The Bertz CT molecular complexity index is 88.1. The van der Waals surface area contributed by atoms with Gasteiger partial charge >= 0.3 is 0 Å². The van der Waals surface area contributed by atoms with Gasteiger partial charge in [-0.2, -0.15) is 0 Å². The molecule has 0 aromatic rings. The zero-order valence-electron chi connectivity index (χ0n) is 7.80. The zero-order valence-corrected chi connectivity index (χ0v) is 9.96. The summed E-state index contributed by atoms with van der Waals surface area (Å²) in [5.74, 6) is 0. The Morgan fingerprint density at radius 1 is 1.18 bits per heavy atom. The van der Waals surface area contributed by atoms with E-state index >= 15 is 0 Å². The summed E-state index contributed by atoms with van der Waals surface area (Å²) in [4.78, 5) is 2.42. The Balaban J connectivity index is 3.70. The van der Waals surface area contributed by atoms with E-state index in [-0.39, 0.29) is 0 Å². The van der Waals surface area contributed by atoms with Crippen molar-refractivity contribution in [3.63, 3.8) is 0 Å². The minimum absolute atomic E-state index is 0.613. The minimum Gasteiger partial charge on any atom is -0.314 e. The van der Waals surface area contributed by atoms with Gasteiger partial charge in [0.05, 0.1) is 6.61 Å². The third-order valence-corrected chi connectivity index (χ3v) is 2.19. The second-order valence-electron chi connectivity index (χ2n) is 3.24. The molecule has 0 bridgehead atoms. The Morgan fingerprint density at radius 3 is 1.91 bits per heavy atom. The summed E-state index contributed by atoms with van der Waals surface area (Å²) >= 11 is 1.94. The Hall–Kier alpha value is 0.650. The molecular formula is C8H18INO. The van der Waals surface area contributed by atoms with Gasteiger partial charge in [0.15, 0.2) is 0 Å². The van der Waals surface area contributed by atoms with Crippen molar-refractivity contribution in [3.05, 3.63) is 0 Å². The molecule has 0 aromatic heterocycles. The van der Waals surface area contributed by atoms with Crippen molar-refractivity contribution < 1.29 is 3.07 Å². The normalized spacial score (nSPS) is 12.0. The van der Waals surface area contributed by atoms with Crippen LogP contribution in [0.2, 0.25) is 0 Å². The van der Waals surface area contributed by atoms with Crippen LogP contribution in [0.25, 0.3) is 0 Å². The fourth-order valence-corrected chi connectivity index (χ4v) is 1.45. The summed E-state index contributed by atoms with van der Waals surface area (Å²) < 4.78 is 5.00. The van der Waals surface area contributed by atoms with Crippen LogP contribution >= 0.6 is 23.0 Å². The van der Waals surface area contributed by atoms with Crippen molar-refractivity contribution in [2.45, 2.75) is 39.8 Å². The van der Waals surface area contributed by atoms with Gasteiger partial charge in [-0.25, -0.2) is 0 Å². The molecule has 0 unspecified atom stereocenters. The molecule has 0 radical (unpaired) electrons. The Labute approximate surface area is 84.0 Å². The summed E-state index contributed by atoms with van der Waals surface area (Å²) in [7, 11) is 0. The molecule has 11 heavy (non-hydrogen) atoms. The van der Waals surface area contributed by atoms with Crippen molar-refractivity contribution in [1.29, 1.82) is 0 Å². The van der Waals surface area contributed by atoms with E-state index in [2.05, 4.69) is 32.6 Å². The first-order valence-electron chi connectivity index (χ1n) is 4.09. The topological polar surface area (TPSA) is 12.5 Å². The van der Waals surface area contributed by atoms with Crippen molar-refractivity contribution in [2.24, 2.45) is 0 Å². The van der Waals surface area contributed by atoms with Crippen LogP contribution in [0.1, 0.15) is 27.7 Å². The van der Waals surface area contributed by atoms with E-state index in [1.54, 1.807) is 0 Å². The molecule has 3 heteroatoms. The SMILES string of the molecule is CC(C)N(CCOI)C(C)C. The van der Waals surface area contributed by atoms with Crippen LogP contribution in [0.15, 0.2) is 0 Å². The average Bonchev–Trinajstić information content (AvgIpc) is 1.87. The maximum Gasteiger partial charge on any atom is 0.109 e. The third kappa shape index (κ3) is 4.98. The van der Waals surface area contributed by atoms with E-state index in [1.807, 2.05) is 23.0 Å². The zero-order chi connectivity index (χ0) is 8.85. The van der Waals surface area contributed by atoms with Crippen LogP contribution in [-0.2, 0) is 3.07 Å². The van der Waals surface area contributed by atoms with Crippen LogP contribution in [0.5, 0.6) is 0 Å². The van der Waals surface area contributed by atoms with Gasteiger partial charge in [0, 0.05) is 18.6 Å². The second-order valence-corrected chi connectivity index (χ2v) is 3.86. The van der Waals surface area contributed by atoms with Gasteiger partial charge in [0.25, 0.3) is 0 Å². The maximum absolute atomic E-state index is 5.00. The van der Waals surface area contributed by atoms with Gasteiger partial charge < -0.3 is 3.07 Å². The van der Waals surface area contributed by atoms with Crippen molar-refractivity contribution in [1.82, 2.24) is 4.90 Å². The van der Waals surface area contributed by atoms with Crippen LogP contribution in [0.3, 0.4) is 0 Å². The Morgan fingerprint density at radius 2 is 1.64 bits per heavy atom. The molecular weight excluding hydrogens is 253 g/mol. The summed E-state index contributed by atoms with van der Waals surface area (Å²) in [6, 6.07) is 1.23. The highest BCUT2D eigenvalue weighted by atomic mass is 127. The van der Waals surface area contributed by atoms with Crippen molar-refractivity contribution in [2.75, 3.05) is 13.2 Å². The number of nitrogens with zero attached hydrogens (tertiary/aromatic N) is 1. The lowest BCUT2D eigenvalue weighted by Crippen LogP contribution is -2.38. The molecule has 0 aliphatic heterocycles. The van der Waals surface area contributed by atoms with Crippen LogP contribution in [0.4, 0.5) is 0 Å². The highest BCUT2D eigenvalue weighted by Crippen LogP contribution is 2.04. The lowest BCUT2D eigenvalue weighted by Gasteiger charge is -2.29. The molecule has 0 fully saturated rings. The van der Waals surface area contributed by atoms with Gasteiger partial charge in [0.1, 0.15) is 23.0 Å². The minimum atomic E-state index is 0.613. The molecule has 0 heterocycles. The van der Waals surface area contributed by atoms with Crippen molar-refractivity contribution >= 4 is 23.0 Å². The van der Waals surface area contributed by atoms with E-state index in [4.69, 9.17) is 3.07 Å². The summed E-state index contributed by atoms with van der Waals surface area (Å²) in [5, 5.41) is 0. The molecule has 0 amide bonds. The van der Waals surface area contributed by atoms with Crippen LogP contribution < -0.4 is 0 Å². The fourth-order valence-electron chi connectivity index (χ4n) is 1.25. The molecule has 2 nitrogen and oxygen atoms in total.